The van der Waals surface area contributed by atoms with Gasteiger partial charge >= 0.3 is 7.52 Å². The van der Waals surface area contributed by atoms with Crippen molar-refractivity contribution in [3.8, 4) is 11.5 Å². The maximum atomic E-state index is 15.4. The fraction of sp³-hybridized carbons (Fsp3) is 0.0714. The Bertz CT molecular complexity index is 2770. The minimum atomic E-state index is -3.59. The molecule has 64 heavy (non-hydrogen) atoms. The molecular formula is C56H50NO4P3. The molecule has 0 heterocycles. The van der Waals surface area contributed by atoms with Crippen LogP contribution in [0.1, 0.15) is 23.6 Å². The van der Waals surface area contributed by atoms with Crippen molar-refractivity contribution in [3.05, 3.63) is 266 Å². The number of benzene rings is 8. The zero-order valence-corrected chi connectivity index (χ0v) is 38.5. The van der Waals surface area contributed by atoms with Crippen LogP contribution in [0.3, 0.4) is 0 Å². The van der Waals surface area contributed by atoms with Gasteiger partial charge in [0.15, 0.2) is 15.3 Å². The molecule has 2 unspecified atom stereocenters. The first-order valence-corrected chi connectivity index (χ1v) is 25.8. The minimum absolute atomic E-state index is 0.351. The molecular weight excluding hydrogens is 844 g/mol. The highest BCUT2D eigenvalue weighted by Gasteiger charge is 2.37. The Balaban J connectivity index is 1.20. The van der Waals surface area contributed by atoms with E-state index >= 15 is 4.57 Å². The van der Waals surface area contributed by atoms with Gasteiger partial charge in [0.2, 0.25) is 0 Å². The van der Waals surface area contributed by atoms with Crippen molar-refractivity contribution in [1.82, 2.24) is 4.67 Å². The minimum Gasteiger partial charge on any atom is -0.464 e. The van der Waals surface area contributed by atoms with Crippen LogP contribution in [0.2, 0.25) is 0 Å². The van der Waals surface area contributed by atoms with E-state index in [9.17, 15) is 4.57 Å². The summed E-state index contributed by atoms with van der Waals surface area (Å²) in [5.74, 6) is 1.23. The Labute approximate surface area is 379 Å². The molecule has 8 aromatic rings. The molecule has 8 rings (SSSR count). The van der Waals surface area contributed by atoms with Crippen LogP contribution in [-0.2, 0) is 14.5 Å². The summed E-state index contributed by atoms with van der Waals surface area (Å²) < 4.78 is 45.5. The van der Waals surface area contributed by atoms with Crippen LogP contribution < -0.4 is 40.9 Å². The van der Waals surface area contributed by atoms with E-state index in [0.717, 1.165) is 49.0 Å². The van der Waals surface area contributed by atoms with Gasteiger partial charge in [-0.25, -0.2) is 4.67 Å². The molecule has 0 aromatic heterocycles. The molecule has 318 valence electrons. The summed E-state index contributed by atoms with van der Waals surface area (Å²) in [6.07, 6.45) is 3.45. The van der Waals surface area contributed by atoms with E-state index in [-0.39, 0.29) is 0 Å². The van der Waals surface area contributed by atoms with Crippen molar-refractivity contribution < 1.29 is 18.2 Å². The van der Waals surface area contributed by atoms with Gasteiger partial charge in [-0.2, -0.15) is 0 Å². The van der Waals surface area contributed by atoms with Crippen LogP contribution in [-0.4, -0.2) is 17.8 Å². The first-order valence-electron chi connectivity index (χ1n) is 21.2. The SMILES string of the molecule is C=CCN(CC=C)P(=O)(Oc1ccc(C(C)(c2ccc(OP(c3ccccc3)c3ccccc3)cc2)c2ccc(P(=O)(c3ccccc3)c3ccccc3)cc2)cc1)c1ccccc1. The van der Waals surface area contributed by atoms with Crippen molar-refractivity contribution >= 4 is 54.6 Å². The molecule has 0 amide bonds. The fourth-order valence-corrected chi connectivity index (χ4v) is 14.6. The lowest BCUT2D eigenvalue weighted by atomic mass is 9.71. The smallest absolute Gasteiger partial charge is 0.350 e. The lowest BCUT2D eigenvalue weighted by Crippen LogP contribution is -2.29. The molecule has 0 N–H and O–H groups in total. The Kier molecular flexibility index (Phi) is 13.9. The van der Waals surface area contributed by atoms with Crippen LogP contribution in [0.25, 0.3) is 0 Å². The van der Waals surface area contributed by atoms with E-state index in [1.807, 2.05) is 176 Å². The van der Waals surface area contributed by atoms with Gasteiger partial charge in [-0.05, 0) is 60.0 Å². The van der Waals surface area contributed by atoms with E-state index in [1.165, 1.54) is 0 Å². The van der Waals surface area contributed by atoms with Crippen LogP contribution in [0.4, 0.5) is 0 Å². The fourth-order valence-electron chi connectivity index (χ4n) is 8.03. The molecule has 0 saturated carbocycles. The Morgan fingerprint density at radius 2 is 0.812 bits per heavy atom. The lowest BCUT2D eigenvalue weighted by molar-refractivity contribution is 0.399. The average Bonchev–Trinajstić information content (AvgIpc) is 3.37. The predicted octanol–water partition coefficient (Wildman–Crippen LogP) is 11.7. The normalized spacial score (nSPS) is 13.4. The topological polar surface area (TPSA) is 55.8 Å². The summed E-state index contributed by atoms with van der Waals surface area (Å²) in [4.78, 5) is 0. The number of rotatable bonds is 18. The predicted molar refractivity (Wildman–Crippen MR) is 270 cm³/mol. The van der Waals surface area contributed by atoms with Gasteiger partial charge in [0, 0.05) is 45.0 Å². The number of hydrogen-bond donors (Lipinski definition) is 0. The van der Waals surface area contributed by atoms with E-state index in [0.29, 0.717) is 24.1 Å². The van der Waals surface area contributed by atoms with Crippen molar-refractivity contribution in [2.24, 2.45) is 0 Å². The number of nitrogens with zero attached hydrogens (tertiary/aromatic N) is 1. The van der Waals surface area contributed by atoms with E-state index in [2.05, 4.69) is 68.6 Å². The molecule has 0 spiro atoms. The summed E-state index contributed by atoms with van der Waals surface area (Å²) in [6.45, 7) is 10.7. The highest BCUT2D eigenvalue weighted by Crippen LogP contribution is 2.51. The second kappa shape index (κ2) is 20.0. The molecule has 8 aromatic carbocycles. The quantitative estimate of drug-likeness (QED) is 0.0488. The lowest BCUT2D eigenvalue weighted by Gasteiger charge is -2.33. The van der Waals surface area contributed by atoms with Crippen molar-refractivity contribution in [2.45, 2.75) is 12.3 Å². The summed E-state index contributed by atoms with van der Waals surface area (Å²) in [7, 11) is -7.93. The maximum absolute atomic E-state index is 15.4. The molecule has 0 aliphatic carbocycles. The van der Waals surface area contributed by atoms with Crippen LogP contribution in [0, 0.1) is 0 Å². The highest BCUT2D eigenvalue weighted by molar-refractivity contribution is 7.85. The van der Waals surface area contributed by atoms with Crippen molar-refractivity contribution in [3.63, 3.8) is 0 Å². The first-order chi connectivity index (χ1) is 31.3. The van der Waals surface area contributed by atoms with Gasteiger partial charge in [0.1, 0.15) is 11.5 Å². The largest absolute Gasteiger partial charge is 0.464 e. The van der Waals surface area contributed by atoms with Gasteiger partial charge < -0.3 is 13.6 Å². The number of hydrogen-bond acceptors (Lipinski definition) is 4. The molecule has 0 aliphatic heterocycles. The summed E-state index contributed by atoms with van der Waals surface area (Å²) in [5.41, 5.74) is 2.30. The molecule has 0 radical (unpaired) electrons. The zero-order valence-electron chi connectivity index (χ0n) is 35.8. The average molecular weight is 894 g/mol. The second-order valence-corrected chi connectivity index (χ2v) is 22.3. The van der Waals surface area contributed by atoms with Crippen LogP contribution in [0.15, 0.2) is 250 Å². The van der Waals surface area contributed by atoms with Gasteiger partial charge in [0.25, 0.3) is 0 Å². The molecule has 8 heteroatoms. The molecule has 0 saturated heterocycles. The van der Waals surface area contributed by atoms with Crippen molar-refractivity contribution in [2.75, 3.05) is 13.1 Å². The molecule has 0 fully saturated rings. The first kappa shape index (κ1) is 44.3. The third kappa shape index (κ3) is 9.18. The summed E-state index contributed by atoms with van der Waals surface area (Å²) >= 11 is 0. The van der Waals surface area contributed by atoms with Gasteiger partial charge in [0.05, 0.1) is 5.30 Å². The standard InChI is InChI=1S/C56H50NO4P3/c1-4-43-57(44-5-2)64(59,55-29-19-10-20-30-55)61-49-39-33-46(34-40-49)56(3,45-31-37-48(38-32-45)60-62(50-21-11-6-12-22-50)51-23-13-7-14-24-51)47-35-41-54(42-36-47)63(58,52-25-15-8-16-26-52)53-27-17-9-18-28-53/h4-42H,1-2,43-44H2,3H3. The molecule has 2 atom stereocenters. The Morgan fingerprint density at radius 1 is 0.469 bits per heavy atom. The Morgan fingerprint density at radius 3 is 1.22 bits per heavy atom. The van der Waals surface area contributed by atoms with E-state index in [4.69, 9.17) is 9.05 Å². The molecule has 0 aliphatic rings. The highest BCUT2D eigenvalue weighted by atomic mass is 31.2. The third-order valence-corrected chi connectivity index (χ3v) is 18.9. The second-order valence-electron chi connectivity index (χ2n) is 15.5. The maximum Gasteiger partial charge on any atom is 0.350 e. The van der Waals surface area contributed by atoms with Gasteiger partial charge in [-0.15, -0.1) is 13.2 Å². The third-order valence-electron chi connectivity index (χ3n) is 11.5. The summed E-state index contributed by atoms with van der Waals surface area (Å²) in [5, 5.41) is 5.14. The van der Waals surface area contributed by atoms with Crippen LogP contribution in [0.5, 0.6) is 11.5 Å². The van der Waals surface area contributed by atoms with Crippen LogP contribution >= 0.6 is 22.8 Å². The van der Waals surface area contributed by atoms with Gasteiger partial charge in [-0.3, -0.25) is 4.57 Å². The molecule has 5 nitrogen and oxygen atoms in total. The molecule has 0 bridgehead atoms. The summed E-state index contributed by atoms with van der Waals surface area (Å²) in [6, 6.07) is 73.9. The van der Waals surface area contributed by atoms with Crippen molar-refractivity contribution in [1.29, 1.82) is 0 Å². The zero-order chi connectivity index (χ0) is 44.4. The Hall–Kier alpha value is -6.31. The van der Waals surface area contributed by atoms with E-state index in [1.54, 1.807) is 16.8 Å². The van der Waals surface area contributed by atoms with Gasteiger partial charge in [-0.1, -0.05) is 200 Å². The monoisotopic (exact) mass is 893 g/mol. The van der Waals surface area contributed by atoms with E-state index < -0.39 is 28.2 Å².